The van der Waals surface area contributed by atoms with Gasteiger partial charge in [-0.3, -0.25) is 0 Å². The number of unbranched alkanes of at least 4 members (excludes halogenated alkanes) is 1. The molecular weight excluding hydrogens is 314 g/mol. The quantitative estimate of drug-likeness (QED) is 0.665. The van der Waals surface area contributed by atoms with Crippen LogP contribution in [0.15, 0.2) is 16.6 Å². The van der Waals surface area contributed by atoms with E-state index in [4.69, 9.17) is 0 Å². The molecule has 0 saturated carbocycles. The predicted molar refractivity (Wildman–Crippen MR) is 76.9 cm³/mol. The summed E-state index contributed by atoms with van der Waals surface area (Å²) >= 11 is 3.02. The first kappa shape index (κ1) is 16.6. The lowest BCUT2D eigenvalue weighted by Crippen LogP contribution is -2.08. The SMILES string of the molecule is CCCCC(CC)CC(O)c1ccc(F)c(F)c1Br. The number of benzene rings is 1. The molecule has 0 aliphatic heterocycles. The Hall–Kier alpha value is -0.480. The Kier molecular flexibility index (Phi) is 6.94. The van der Waals surface area contributed by atoms with Gasteiger partial charge in [0.1, 0.15) is 0 Å². The van der Waals surface area contributed by atoms with Crippen molar-refractivity contribution in [1.29, 1.82) is 0 Å². The lowest BCUT2D eigenvalue weighted by Gasteiger charge is -2.20. The van der Waals surface area contributed by atoms with Gasteiger partial charge in [-0.15, -0.1) is 0 Å². The summed E-state index contributed by atoms with van der Waals surface area (Å²) in [6.45, 7) is 4.22. The van der Waals surface area contributed by atoms with E-state index >= 15 is 0 Å². The van der Waals surface area contributed by atoms with Crippen molar-refractivity contribution in [2.24, 2.45) is 5.92 Å². The highest BCUT2D eigenvalue weighted by Crippen LogP contribution is 2.33. The van der Waals surface area contributed by atoms with E-state index in [0.29, 0.717) is 17.9 Å². The van der Waals surface area contributed by atoms with Crippen LogP contribution in [0.25, 0.3) is 0 Å². The zero-order chi connectivity index (χ0) is 14.4. The molecule has 2 atom stereocenters. The Labute approximate surface area is 122 Å². The topological polar surface area (TPSA) is 20.2 Å². The van der Waals surface area contributed by atoms with Gasteiger partial charge in [-0.25, -0.2) is 8.78 Å². The van der Waals surface area contributed by atoms with Crippen LogP contribution in [0.1, 0.15) is 57.6 Å². The molecule has 0 radical (unpaired) electrons. The van der Waals surface area contributed by atoms with Crippen LogP contribution in [0.3, 0.4) is 0 Å². The van der Waals surface area contributed by atoms with Crippen molar-refractivity contribution < 1.29 is 13.9 Å². The van der Waals surface area contributed by atoms with Gasteiger partial charge in [0.2, 0.25) is 0 Å². The maximum Gasteiger partial charge on any atom is 0.173 e. The van der Waals surface area contributed by atoms with Crippen molar-refractivity contribution in [3.05, 3.63) is 33.8 Å². The molecule has 0 fully saturated rings. The van der Waals surface area contributed by atoms with E-state index in [-0.39, 0.29) is 4.47 Å². The first-order valence-electron chi connectivity index (χ1n) is 6.82. The molecule has 0 spiro atoms. The van der Waals surface area contributed by atoms with Gasteiger partial charge in [-0.05, 0) is 39.9 Å². The van der Waals surface area contributed by atoms with Crippen molar-refractivity contribution in [3.8, 4) is 0 Å². The van der Waals surface area contributed by atoms with Gasteiger partial charge < -0.3 is 5.11 Å². The molecule has 1 rings (SSSR count). The van der Waals surface area contributed by atoms with Gasteiger partial charge in [0, 0.05) is 0 Å². The fourth-order valence-corrected chi connectivity index (χ4v) is 2.81. The molecular formula is C15H21BrF2O. The average molecular weight is 335 g/mol. The maximum atomic E-state index is 13.4. The molecule has 0 heterocycles. The van der Waals surface area contributed by atoms with Crippen molar-refractivity contribution in [2.75, 3.05) is 0 Å². The Morgan fingerprint density at radius 2 is 1.95 bits per heavy atom. The molecule has 4 heteroatoms. The van der Waals surface area contributed by atoms with Gasteiger partial charge in [-0.1, -0.05) is 45.6 Å². The minimum absolute atomic E-state index is 0.0327. The van der Waals surface area contributed by atoms with Crippen molar-refractivity contribution in [1.82, 2.24) is 0 Å². The Bertz CT molecular complexity index is 409. The summed E-state index contributed by atoms with van der Waals surface area (Å²) in [7, 11) is 0. The second kappa shape index (κ2) is 7.95. The van der Waals surface area contributed by atoms with E-state index in [9.17, 15) is 13.9 Å². The molecule has 0 saturated heterocycles. The molecule has 0 aliphatic rings. The number of hydrogen-bond donors (Lipinski definition) is 1. The van der Waals surface area contributed by atoms with Crippen molar-refractivity contribution in [3.63, 3.8) is 0 Å². The van der Waals surface area contributed by atoms with Crippen LogP contribution in [-0.4, -0.2) is 5.11 Å². The van der Waals surface area contributed by atoms with Gasteiger partial charge in [0.25, 0.3) is 0 Å². The number of rotatable bonds is 7. The average Bonchev–Trinajstić information content (AvgIpc) is 2.40. The van der Waals surface area contributed by atoms with Crippen LogP contribution in [-0.2, 0) is 0 Å². The minimum Gasteiger partial charge on any atom is -0.388 e. The third-order valence-electron chi connectivity index (χ3n) is 3.52. The zero-order valence-electron chi connectivity index (χ0n) is 11.4. The lowest BCUT2D eigenvalue weighted by atomic mass is 9.90. The van der Waals surface area contributed by atoms with Crippen molar-refractivity contribution in [2.45, 2.75) is 52.1 Å². The number of halogens is 3. The molecule has 0 bridgehead atoms. The highest BCUT2D eigenvalue weighted by atomic mass is 79.9. The predicted octanol–water partition coefficient (Wildman–Crippen LogP) is 5.37. The molecule has 2 unspecified atom stereocenters. The lowest BCUT2D eigenvalue weighted by molar-refractivity contribution is 0.138. The van der Waals surface area contributed by atoms with Gasteiger partial charge in [0.15, 0.2) is 11.6 Å². The number of aliphatic hydroxyl groups excluding tert-OH is 1. The monoisotopic (exact) mass is 334 g/mol. The first-order valence-corrected chi connectivity index (χ1v) is 7.61. The van der Waals surface area contributed by atoms with Gasteiger partial charge in [-0.2, -0.15) is 0 Å². The zero-order valence-corrected chi connectivity index (χ0v) is 13.0. The van der Waals surface area contributed by atoms with Gasteiger partial charge in [0.05, 0.1) is 10.6 Å². The summed E-state index contributed by atoms with van der Waals surface area (Å²) in [5.41, 5.74) is 0.425. The fourth-order valence-electron chi connectivity index (χ4n) is 2.22. The Balaban J connectivity index is 2.77. The summed E-state index contributed by atoms with van der Waals surface area (Å²) in [5.74, 6) is -1.42. The van der Waals surface area contributed by atoms with Gasteiger partial charge >= 0.3 is 0 Å². The highest BCUT2D eigenvalue weighted by molar-refractivity contribution is 9.10. The van der Waals surface area contributed by atoms with E-state index in [0.717, 1.165) is 31.7 Å². The molecule has 1 N–H and O–H groups in total. The summed E-state index contributed by atoms with van der Waals surface area (Å²) in [6.07, 6.45) is 4.13. The van der Waals surface area contributed by atoms with E-state index in [2.05, 4.69) is 29.8 Å². The van der Waals surface area contributed by atoms with Crippen LogP contribution in [0, 0.1) is 17.6 Å². The third-order valence-corrected chi connectivity index (χ3v) is 4.33. The molecule has 19 heavy (non-hydrogen) atoms. The van der Waals surface area contributed by atoms with E-state index in [1.54, 1.807) is 0 Å². The smallest absolute Gasteiger partial charge is 0.173 e. The summed E-state index contributed by atoms with van der Waals surface area (Å²) in [5, 5.41) is 10.2. The molecule has 108 valence electrons. The van der Waals surface area contributed by atoms with Crippen LogP contribution >= 0.6 is 15.9 Å². The van der Waals surface area contributed by atoms with Crippen LogP contribution in [0.4, 0.5) is 8.78 Å². The summed E-state index contributed by atoms with van der Waals surface area (Å²) in [6, 6.07) is 2.51. The van der Waals surface area contributed by atoms with Crippen LogP contribution in [0.2, 0.25) is 0 Å². The Morgan fingerprint density at radius 1 is 1.26 bits per heavy atom. The fraction of sp³-hybridized carbons (Fsp3) is 0.600. The van der Waals surface area contributed by atoms with E-state index in [1.165, 1.54) is 6.07 Å². The molecule has 1 nitrogen and oxygen atoms in total. The standard InChI is InChI=1S/C15H21BrF2O/c1-3-5-6-10(4-2)9-13(19)11-7-8-12(17)15(18)14(11)16/h7-8,10,13,19H,3-6,9H2,1-2H3. The summed E-state index contributed by atoms with van der Waals surface area (Å²) < 4.78 is 26.5. The van der Waals surface area contributed by atoms with Crippen molar-refractivity contribution >= 4 is 15.9 Å². The second-order valence-corrected chi connectivity index (χ2v) is 5.73. The third kappa shape index (κ3) is 4.53. The minimum atomic E-state index is -0.932. The maximum absolute atomic E-state index is 13.4. The second-order valence-electron chi connectivity index (χ2n) is 4.93. The van der Waals surface area contributed by atoms with E-state index < -0.39 is 17.7 Å². The normalized spacial score (nSPS) is 14.4. The van der Waals surface area contributed by atoms with E-state index in [1.807, 2.05) is 0 Å². The molecule has 1 aromatic rings. The summed E-state index contributed by atoms with van der Waals surface area (Å²) in [4.78, 5) is 0. The molecule has 1 aromatic carbocycles. The molecule has 0 amide bonds. The first-order chi connectivity index (χ1) is 9.01. The number of hydrogen-bond acceptors (Lipinski definition) is 1. The van der Waals surface area contributed by atoms with Crippen LogP contribution in [0.5, 0.6) is 0 Å². The molecule has 0 aliphatic carbocycles. The highest BCUT2D eigenvalue weighted by Gasteiger charge is 2.20. The number of aliphatic hydroxyl groups is 1. The largest absolute Gasteiger partial charge is 0.388 e. The Morgan fingerprint density at radius 3 is 2.53 bits per heavy atom. The molecule has 0 aromatic heterocycles. The van der Waals surface area contributed by atoms with Crippen LogP contribution < -0.4 is 0 Å².